The van der Waals surface area contributed by atoms with Crippen LogP contribution in [0.2, 0.25) is 0 Å². The number of hydrogen-bond donors (Lipinski definition) is 1. The van der Waals surface area contributed by atoms with E-state index in [-0.39, 0.29) is 0 Å². The minimum absolute atomic E-state index is 0.341. The summed E-state index contributed by atoms with van der Waals surface area (Å²) in [7, 11) is 1.93. The molecule has 0 bridgehead atoms. The van der Waals surface area contributed by atoms with Gasteiger partial charge >= 0.3 is 0 Å². The lowest BCUT2D eigenvalue weighted by Gasteiger charge is -2.38. The summed E-state index contributed by atoms with van der Waals surface area (Å²) in [5.74, 6) is 3.32. The molecule has 0 unspecified atom stereocenters. The molecule has 0 saturated carbocycles. The van der Waals surface area contributed by atoms with Crippen LogP contribution in [0.15, 0.2) is 0 Å². The van der Waals surface area contributed by atoms with Gasteiger partial charge in [0, 0.05) is 50.7 Å². The minimum atomic E-state index is 0.341. The van der Waals surface area contributed by atoms with Crippen molar-refractivity contribution in [3.8, 4) is 0 Å². The van der Waals surface area contributed by atoms with E-state index in [0.29, 0.717) is 12.0 Å². The Bertz CT molecular complexity index is 476. The third-order valence-electron chi connectivity index (χ3n) is 4.23. The van der Waals surface area contributed by atoms with Crippen LogP contribution in [0.5, 0.6) is 0 Å². The Hall–Kier alpha value is -1.36. The highest BCUT2D eigenvalue weighted by atomic mass is 15.3. The van der Waals surface area contributed by atoms with E-state index < -0.39 is 0 Å². The monoisotopic (exact) mass is 291 g/mol. The molecule has 1 fully saturated rings. The van der Waals surface area contributed by atoms with E-state index in [2.05, 4.69) is 54.7 Å². The maximum Gasteiger partial charge on any atom is 0.137 e. The first-order valence-corrected chi connectivity index (χ1v) is 7.99. The Kier molecular flexibility index (Phi) is 5.04. The molecular weight excluding hydrogens is 262 g/mol. The summed E-state index contributed by atoms with van der Waals surface area (Å²) in [5, 5.41) is 3.21. The summed E-state index contributed by atoms with van der Waals surface area (Å²) in [6, 6.07) is 0.623. The number of nitrogens with zero attached hydrogens (tertiary/aromatic N) is 4. The molecular formula is C16H29N5. The van der Waals surface area contributed by atoms with Gasteiger partial charge in [0.2, 0.25) is 0 Å². The molecule has 118 valence electrons. The SMILES string of the molecule is CNc1nc(C(C)C)nc(N2CCN(C(C)C)CC2)c1C. The predicted molar refractivity (Wildman–Crippen MR) is 89.3 cm³/mol. The van der Waals surface area contributed by atoms with Crippen LogP contribution in [-0.4, -0.2) is 54.1 Å². The van der Waals surface area contributed by atoms with Crippen molar-refractivity contribution in [1.29, 1.82) is 0 Å². The maximum atomic E-state index is 4.83. The molecule has 5 nitrogen and oxygen atoms in total. The Morgan fingerprint density at radius 3 is 2.10 bits per heavy atom. The summed E-state index contributed by atoms with van der Waals surface area (Å²) in [6.45, 7) is 15.2. The van der Waals surface area contributed by atoms with E-state index >= 15 is 0 Å². The summed E-state index contributed by atoms with van der Waals surface area (Å²) in [5.41, 5.74) is 1.15. The van der Waals surface area contributed by atoms with E-state index in [1.807, 2.05) is 7.05 Å². The molecule has 0 spiro atoms. The van der Waals surface area contributed by atoms with E-state index in [9.17, 15) is 0 Å². The van der Waals surface area contributed by atoms with E-state index in [1.54, 1.807) is 0 Å². The molecule has 2 rings (SSSR count). The summed E-state index contributed by atoms with van der Waals surface area (Å²) in [6.07, 6.45) is 0. The van der Waals surface area contributed by atoms with Crippen LogP contribution in [0.4, 0.5) is 11.6 Å². The Morgan fingerprint density at radius 2 is 1.62 bits per heavy atom. The van der Waals surface area contributed by atoms with Crippen molar-refractivity contribution in [2.45, 2.75) is 46.6 Å². The molecule has 1 aliphatic rings. The summed E-state index contributed by atoms with van der Waals surface area (Å²) >= 11 is 0. The third kappa shape index (κ3) is 3.46. The summed E-state index contributed by atoms with van der Waals surface area (Å²) < 4.78 is 0. The van der Waals surface area contributed by atoms with Crippen LogP contribution in [0.25, 0.3) is 0 Å². The molecule has 0 radical (unpaired) electrons. The van der Waals surface area contributed by atoms with Crippen molar-refractivity contribution in [1.82, 2.24) is 14.9 Å². The lowest BCUT2D eigenvalue weighted by atomic mass is 10.1. The van der Waals surface area contributed by atoms with Gasteiger partial charge in [0.05, 0.1) is 0 Å². The van der Waals surface area contributed by atoms with Gasteiger partial charge < -0.3 is 10.2 Å². The van der Waals surface area contributed by atoms with Crippen LogP contribution in [-0.2, 0) is 0 Å². The fraction of sp³-hybridized carbons (Fsp3) is 0.750. The zero-order chi connectivity index (χ0) is 15.6. The molecule has 21 heavy (non-hydrogen) atoms. The second kappa shape index (κ2) is 6.60. The normalized spacial score (nSPS) is 16.9. The Labute approximate surface area is 128 Å². The van der Waals surface area contributed by atoms with E-state index in [1.165, 1.54) is 0 Å². The van der Waals surface area contributed by atoms with Crippen molar-refractivity contribution in [3.63, 3.8) is 0 Å². The van der Waals surface area contributed by atoms with Crippen LogP contribution in [0.1, 0.15) is 45.0 Å². The molecule has 1 N–H and O–H groups in total. The lowest BCUT2D eigenvalue weighted by Crippen LogP contribution is -2.49. The second-order valence-corrected chi connectivity index (χ2v) is 6.40. The van der Waals surface area contributed by atoms with Gasteiger partial charge in [-0.1, -0.05) is 13.8 Å². The first-order valence-electron chi connectivity index (χ1n) is 7.99. The minimum Gasteiger partial charge on any atom is -0.373 e. The molecule has 1 saturated heterocycles. The average Bonchev–Trinajstić information content (AvgIpc) is 2.47. The smallest absolute Gasteiger partial charge is 0.137 e. The molecule has 0 atom stereocenters. The topological polar surface area (TPSA) is 44.3 Å². The molecule has 0 amide bonds. The van der Waals surface area contributed by atoms with Gasteiger partial charge in [0.15, 0.2) is 0 Å². The molecule has 0 aliphatic carbocycles. The largest absolute Gasteiger partial charge is 0.373 e. The van der Waals surface area contributed by atoms with Gasteiger partial charge in [-0.2, -0.15) is 0 Å². The molecule has 1 aromatic heterocycles. The number of anilines is 2. The number of hydrogen-bond acceptors (Lipinski definition) is 5. The molecule has 5 heteroatoms. The van der Waals surface area contributed by atoms with Crippen molar-refractivity contribution >= 4 is 11.6 Å². The zero-order valence-corrected chi connectivity index (χ0v) is 14.3. The van der Waals surface area contributed by atoms with Crippen molar-refractivity contribution in [3.05, 3.63) is 11.4 Å². The molecule has 1 aliphatic heterocycles. The van der Waals surface area contributed by atoms with Crippen LogP contribution in [0, 0.1) is 6.92 Å². The summed E-state index contributed by atoms with van der Waals surface area (Å²) in [4.78, 5) is 14.4. The van der Waals surface area contributed by atoms with Crippen LogP contribution in [0.3, 0.4) is 0 Å². The van der Waals surface area contributed by atoms with Gasteiger partial charge in [-0.25, -0.2) is 9.97 Å². The third-order valence-corrected chi connectivity index (χ3v) is 4.23. The van der Waals surface area contributed by atoms with Gasteiger partial charge in [0.1, 0.15) is 17.5 Å². The van der Waals surface area contributed by atoms with E-state index in [0.717, 1.165) is 49.2 Å². The van der Waals surface area contributed by atoms with E-state index in [4.69, 9.17) is 4.98 Å². The quantitative estimate of drug-likeness (QED) is 0.923. The van der Waals surface area contributed by atoms with Gasteiger partial charge in [-0.05, 0) is 20.8 Å². The van der Waals surface area contributed by atoms with Crippen molar-refractivity contribution in [2.75, 3.05) is 43.4 Å². The lowest BCUT2D eigenvalue weighted by molar-refractivity contribution is 0.209. The number of rotatable bonds is 4. The molecule has 2 heterocycles. The first kappa shape index (κ1) is 16.0. The predicted octanol–water partition coefficient (Wildman–Crippen LogP) is 2.48. The highest BCUT2D eigenvalue weighted by molar-refractivity contribution is 5.58. The number of piperazine rings is 1. The molecule has 1 aromatic rings. The Morgan fingerprint density at radius 1 is 1.00 bits per heavy atom. The number of nitrogens with one attached hydrogen (secondary N) is 1. The standard InChI is InChI=1S/C16H29N5/c1-11(2)14-18-15(17-6)13(5)16(19-14)21-9-7-20(8-10-21)12(3)4/h11-12H,7-10H2,1-6H3,(H,17,18,19). The number of aromatic nitrogens is 2. The van der Waals surface area contributed by atoms with Crippen LogP contribution < -0.4 is 10.2 Å². The van der Waals surface area contributed by atoms with Crippen molar-refractivity contribution in [2.24, 2.45) is 0 Å². The fourth-order valence-corrected chi connectivity index (χ4v) is 2.78. The second-order valence-electron chi connectivity index (χ2n) is 6.40. The molecule has 0 aromatic carbocycles. The zero-order valence-electron chi connectivity index (χ0n) is 14.3. The Balaban J connectivity index is 2.25. The fourth-order valence-electron chi connectivity index (χ4n) is 2.78. The highest BCUT2D eigenvalue weighted by Gasteiger charge is 2.23. The van der Waals surface area contributed by atoms with Crippen molar-refractivity contribution < 1.29 is 0 Å². The maximum absolute atomic E-state index is 4.83. The highest BCUT2D eigenvalue weighted by Crippen LogP contribution is 2.26. The van der Waals surface area contributed by atoms with Gasteiger partial charge in [0.25, 0.3) is 0 Å². The first-order chi connectivity index (χ1) is 9.93. The van der Waals surface area contributed by atoms with Gasteiger partial charge in [-0.3, -0.25) is 4.90 Å². The average molecular weight is 291 g/mol. The van der Waals surface area contributed by atoms with Gasteiger partial charge in [-0.15, -0.1) is 0 Å². The van der Waals surface area contributed by atoms with Crippen LogP contribution >= 0.6 is 0 Å².